The molecule has 1 aromatic heterocycles. The van der Waals surface area contributed by atoms with Crippen LogP contribution in [0.4, 0.5) is 0 Å². The van der Waals surface area contributed by atoms with Crippen LogP contribution in [-0.2, 0) is 5.41 Å². The lowest BCUT2D eigenvalue weighted by atomic mass is 9.88. The zero-order valence-corrected chi connectivity index (χ0v) is 8.76. The molecule has 0 N–H and O–H groups in total. The maximum atomic E-state index is 3.96. The van der Waals surface area contributed by atoms with E-state index in [1.54, 1.807) is 0 Å². The van der Waals surface area contributed by atoms with E-state index in [1.165, 1.54) is 5.56 Å². The number of pyridine rings is 1. The molecule has 0 aliphatic rings. The van der Waals surface area contributed by atoms with E-state index in [2.05, 4.69) is 37.9 Å². The zero-order valence-electron chi connectivity index (χ0n) is 8.76. The summed E-state index contributed by atoms with van der Waals surface area (Å²) in [7, 11) is 0. The van der Waals surface area contributed by atoms with Gasteiger partial charge in [0.05, 0.1) is 0 Å². The molecule has 0 aliphatic heterocycles. The summed E-state index contributed by atoms with van der Waals surface area (Å²) in [5.41, 5.74) is 1.59. The summed E-state index contributed by atoms with van der Waals surface area (Å²) in [6.45, 7) is 10.6. The summed E-state index contributed by atoms with van der Waals surface area (Å²) in [6, 6.07) is 4.11. The van der Waals surface area contributed by atoms with Gasteiger partial charge >= 0.3 is 0 Å². The lowest BCUT2D eigenvalue weighted by Gasteiger charge is -2.17. The lowest BCUT2D eigenvalue weighted by molar-refractivity contribution is 0.589. The van der Waals surface area contributed by atoms with Gasteiger partial charge in [0, 0.05) is 12.4 Å². The van der Waals surface area contributed by atoms with Crippen LogP contribution in [0.1, 0.15) is 40.2 Å². The second-order valence-electron chi connectivity index (χ2n) is 3.49. The van der Waals surface area contributed by atoms with Crippen LogP contribution < -0.4 is 0 Å². The van der Waals surface area contributed by atoms with E-state index < -0.39 is 0 Å². The Bertz CT molecular complexity index is 196. The molecule has 0 aliphatic carbocycles. The van der Waals surface area contributed by atoms with E-state index >= 15 is 0 Å². The maximum absolute atomic E-state index is 3.96. The van der Waals surface area contributed by atoms with Crippen LogP contribution in [0.25, 0.3) is 0 Å². The normalized spacial score (nSPS) is 10.1. The summed E-state index contributed by atoms with van der Waals surface area (Å²) in [6.07, 6.45) is 3.67. The van der Waals surface area contributed by atoms with Crippen molar-refractivity contribution in [1.82, 2.24) is 4.98 Å². The Balaban J connectivity index is 0.000000561. The summed E-state index contributed by atoms with van der Waals surface area (Å²) in [5.74, 6) is 0. The molecule has 0 atom stereocenters. The van der Waals surface area contributed by atoms with Gasteiger partial charge in [-0.3, -0.25) is 4.98 Å². The number of nitrogens with zero attached hydrogens (tertiary/aromatic N) is 1. The van der Waals surface area contributed by atoms with Crippen LogP contribution in [-0.4, -0.2) is 4.98 Å². The molecule has 0 spiro atoms. The fraction of sp³-hybridized carbons (Fsp3) is 0.545. The first-order chi connectivity index (χ1) is 5.61. The van der Waals surface area contributed by atoms with Crippen molar-refractivity contribution in [1.29, 1.82) is 0 Å². The molecule has 0 saturated heterocycles. The van der Waals surface area contributed by atoms with Gasteiger partial charge in [-0.25, -0.2) is 0 Å². The minimum absolute atomic E-state index is 0.253. The van der Waals surface area contributed by atoms with Gasteiger partial charge in [0.15, 0.2) is 0 Å². The topological polar surface area (TPSA) is 12.9 Å². The third kappa shape index (κ3) is 3.51. The van der Waals surface area contributed by atoms with E-state index in [1.807, 2.05) is 26.2 Å². The third-order valence-electron chi connectivity index (χ3n) is 1.55. The lowest BCUT2D eigenvalue weighted by Crippen LogP contribution is -2.10. The number of aromatic nitrogens is 1. The van der Waals surface area contributed by atoms with E-state index in [-0.39, 0.29) is 5.41 Å². The van der Waals surface area contributed by atoms with Gasteiger partial charge in [0.2, 0.25) is 0 Å². The highest BCUT2D eigenvalue weighted by Gasteiger charge is 2.11. The predicted molar refractivity (Wildman–Crippen MR) is 54.3 cm³/mol. The van der Waals surface area contributed by atoms with Crippen LogP contribution in [0.15, 0.2) is 24.5 Å². The smallest absolute Gasteiger partial charge is 0.0270 e. The van der Waals surface area contributed by atoms with Gasteiger partial charge in [-0.05, 0) is 23.1 Å². The van der Waals surface area contributed by atoms with Crippen molar-refractivity contribution < 1.29 is 0 Å². The number of rotatable bonds is 0. The van der Waals surface area contributed by atoms with Gasteiger partial charge in [-0.15, -0.1) is 0 Å². The molecule has 0 aromatic carbocycles. The Kier molecular flexibility index (Phi) is 4.57. The molecular formula is C11H19N. The SMILES string of the molecule is CC.CC(C)(C)c1ccncc1. The zero-order chi connectivity index (χ0) is 9.61. The fourth-order valence-electron chi connectivity index (χ4n) is 0.852. The summed E-state index contributed by atoms with van der Waals surface area (Å²) in [4.78, 5) is 3.96. The summed E-state index contributed by atoms with van der Waals surface area (Å²) >= 11 is 0. The minimum Gasteiger partial charge on any atom is -0.265 e. The van der Waals surface area contributed by atoms with Crippen molar-refractivity contribution in [3.8, 4) is 0 Å². The molecule has 68 valence electrons. The second kappa shape index (κ2) is 4.91. The fourth-order valence-corrected chi connectivity index (χ4v) is 0.852. The number of hydrogen-bond donors (Lipinski definition) is 0. The standard InChI is InChI=1S/C9H13N.C2H6/c1-9(2,3)8-4-6-10-7-5-8;1-2/h4-7H,1-3H3;1-2H3. The van der Waals surface area contributed by atoms with Gasteiger partial charge < -0.3 is 0 Å². The van der Waals surface area contributed by atoms with Crippen molar-refractivity contribution in [3.63, 3.8) is 0 Å². The molecular weight excluding hydrogens is 146 g/mol. The van der Waals surface area contributed by atoms with Gasteiger partial charge in [-0.2, -0.15) is 0 Å². The average molecular weight is 165 g/mol. The molecule has 0 unspecified atom stereocenters. The minimum atomic E-state index is 0.253. The summed E-state index contributed by atoms with van der Waals surface area (Å²) in [5, 5.41) is 0. The van der Waals surface area contributed by atoms with Crippen LogP contribution in [0.2, 0.25) is 0 Å². The average Bonchev–Trinajstić information content (AvgIpc) is 2.08. The van der Waals surface area contributed by atoms with Crippen molar-refractivity contribution in [3.05, 3.63) is 30.1 Å². The Morgan fingerprint density at radius 3 is 1.67 bits per heavy atom. The number of hydrogen-bond acceptors (Lipinski definition) is 1. The first kappa shape index (κ1) is 11.2. The van der Waals surface area contributed by atoms with Crippen LogP contribution in [0.5, 0.6) is 0 Å². The second-order valence-corrected chi connectivity index (χ2v) is 3.49. The molecule has 0 bridgehead atoms. The Hall–Kier alpha value is -0.850. The monoisotopic (exact) mass is 165 g/mol. The van der Waals surface area contributed by atoms with Crippen molar-refractivity contribution >= 4 is 0 Å². The molecule has 1 heteroatoms. The van der Waals surface area contributed by atoms with E-state index in [0.717, 1.165) is 0 Å². The van der Waals surface area contributed by atoms with Crippen LogP contribution in [0, 0.1) is 0 Å². The molecule has 0 saturated carbocycles. The quantitative estimate of drug-likeness (QED) is 0.574. The highest BCUT2D eigenvalue weighted by molar-refractivity contribution is 5.18. The Labute approximate surface area is 75.8 Å². The third-order valence-corrected chi connectivity index (χ3v) is 1.55. The molecule has 1 aromatic rings. The van der Waals surface area contributed by atoms with Gasteiger partial charge in [0.1, 0.15) is 0 Å². The Morgan fingerprint density at radius 2 is 1.42 bits per heavy atom. The highest BCUT2D eigenvalue weighted by atomic mass is 14.6. The molecule has 1 nitrogen and oxygen atoms in total. The predicted octanol–water partition coefficient (Wildman–Crippen LogP) is 3.41. The van der Waals surface area contributed by atoms with Crippen LogP contribution >= 0.6 is 0 Å². The van der Waals surface area contributed by atoms with Crippen molar-refractivity contribution in [2.75, 3.05) is 0 Å². The van der Waals surface area contributed by atoms with E-state index in [4.69, 9.17) is 0 Å². The van der Waals surface area contributed by atoms with E-state index in [0.29, 0.717) is 0 Å². The first-order valence-electron chi connectivity index (χ1n) is 4.51. The maximum Gasteiger partial charge on any atom is 0.0270 e. The first-order valence-corrected chi connectivity index (χ1v) is 4.51. The molecule has 1 rings (SSSR count). The molecule has 1 heterocycles. The summed E-state index contributed by atoms with van der Waals surface area (Å²) < 4.78 is 0. The van der Waals surface area contributed by atoms with Crippen LogP contribution in [0.3, 0.4) is 0 Å². The molecule has 0 fully saturated rings. The van der Waals surface area contributed by atoms with Crippen molar-refractivity contribution in [2.45, 2.75) is 40.0 Å². The Morgan fingerprint density at radius 1 is 1.00 bits per heavy atom. The molecule has 0 radical (unpaired) electrons. The molecule has 12 heavy (non-hydrogen) atoms. The highest BCUT2D eigenvalue weighted by Crippen LogP contribution is 2.20. The van der Waals surface area contributed by atoms with E-state index in [9.17, 15) is 0 Å². The van der Waals surface area contributed by atoms with Gasteiger partial charge in [0.25, 0.3) is 0 Å². The van der Waals surface area contributed by atoms with Crippen molar-refractivity contribution in [2.24, 2.45) is 0 Å². The van der Waals surface area contributed by atoms with Gasteiger partial charge in [-0.1, -0.05) is 34.6 Å². The largest absolute Gasteiger partial charge is 0.265 e. The molecule has 0 amide bonds.